The Kier molecular flexibility index (Phi) is 4.28. The average molecular weight is 304 g/mol. The lowest BCUT2D eigenvalue weighted by Crippen LogP contribution is -2.19. The van der Waals surface area contributed by atoms with Gasteiger partial charge < -0.3 is 5.11 Å². The molecule has 2 aromatic carbocycles. The van der Waals surface area contributed by atoms with E-state index in [1.54, 1.807) is 37.3 Å². The van der Waals surface area contributed by atoms with Crippen LogP contribution in [0.2, 0.25) is 0 Å². The highest BCUT2D eigenvalue weighted by Gasteiger charge is 2.15. The summed E-state index contributed by atoms with van der Waals surface area (Å²) in [5, 5.41) is 13.3. The maximum Gasteiger partial charge on any atom is 0.276 e. The summed E-state index contributed by atoms with van der Waals surface area (Å²) in [6, 6.07) is 11.7. The second-order valence-corrected chi connectivity index (χ2v) is 6.31. The lowest BCUT2D eigenvalue weighted by Gasteiger charge is -2.07. The van der Waals surface area contributed by atoms with Crippen LogP contribution >= 0.6 is 0 Å². The van der Waals surface area contributed by atoms with Gasteiger partial charge in [0.2, 0.25) is 0 Å². The third kappa shape index (κ3) is 3.61. The van der Waals surface area contributed by atoms with E-state index in [-0.39, 0.29) is 10.6 Å². The number of benzene rings is 2. The molecule has 21 heavy (non-hydrogen) atoms. The molecule has 0 heterocycles. The topological polar surface area (TPSA) is 78.8 Å². The number of hydrogen-bond acceptors (Lipinski definition) is 4. The molecule has 0 radical (unpaired) electrons. The molecule has 0 atom stereocenters. The number of aryl methyl sites for hydroxylation is 2. The molecule has 0 aromatic heterocycles. The molecule has 2 rings (SSSR count). The highest BCUT2D eigenvalue weighted by atomic mass is 32.2. The highest BCUT2D eigenvalue weighted by Crippen LogP contribution is 2.17. The van der Waals surface area contributed by atoms with Crippen LogP contribution in [0.4, 0.5) is 0 Å². The molecule has 0 amide bonds. The highest BCUT2D eigenvalue weighted by molar-refractivity contribution is 7.89. The average Bonchev–Trinajstić information content (AvgIpc) is 2.43. The van der Waals surface area contributed by atoms with Gasteiger partial charge in [-0.25, -0.2) is 4.83 Å². The standard InChI is InChI=1S/C15H16N2O3S/c1-11-7-8-12(2)15(9-11)21(19,20)17-16-10-13-5-3-4-6-14(13)18/h3-10,17-18H,1-2H3/b16-10-. The van der Waals surface area contributed by atoms with Crippen molar-refractivity contribution < 1.29 is 13.5 Å². The van der Waals surface area contributed by atoms with Gasteiger partial charge in [-0.3, -0.25) is 0 Å². The van der Waals surface area contributed by atoms with E-state index in [9.17, 15) is 13.5 Å². The molecular weight excluding hydrogens is 288 g/mol. The van der Waals surface area contributed by atoms with Crippen molar-refractivity contribution in [2.45, 2.75) is 18.7 Å². The Bertz CT molecular complexity index is 783. The number of rotatable bonds is 4. The molecule has 2 aromatic rings. The molecular formula is C15H16N2O3S. The monoisotopic (exact) mass is 304 g/mol. The number of phenols is 1. The molecule has 0 saturated carbocycles. The zero-order valence-electron chi connectivity index (χ0n) is 11.7. The zero-order valence-corrected chi connectivity index (χ0v) is 12.6. The maximum atomic E-state index is 12.2. The van der Waals surface area contributed by atoms with E-state index in [2.05, 4.69) is 9.93 Å². The number of hydrazone groups is 1. The van der Waals surface area contributed by atoms with E-state index in [1.165, 1.54) is 12.3 Å². The van der Waals surface area contributed by atoms with E-state index in [0.717, 1.165) is 5.56 Å². The Labute approximate surface area is 124 Å². The second-order valence-electron chi connectivity index (χ2n) is 4.68. The fourth-order valence-corrected chi connectivity index (χ4v) is 2.93. The quantitative estimate of drug-likeness (QED) is 0.672. The fraction of sp³-hybridized carbons (Fsp3) is 0.133. The molecule has 0 spiro atoms. The predicted molar refractivity (Wildman–Crippen MR) is 81.9 cm³/mol. The third-order valence-electron chi connectivity index (χ3n) is 2.95. The maximum absolute atomic E-state index is 12.2. The summed E-state index contributed by atoms with van der Waals surface area (Å²) >= 11 is 0. The van der Waals surface area contributed by atoms with Gasteiger partial charge in [-0.15, -0.1) is 0 Å². The van der Waals surface area contributed by atoms with Gasteiger partial charge in [0.1, 0.15) is 5.75 Å². The van der Waals surface area contributed by atoms with Crippen LogP contribution in [-0.2, 0) is 10.0 Å². The summed E-state index contributed by atoms with van der Waals surface area (Å²) in [6.45, 7) is 3.55. The van der Waals surface area contributed by atoms with Crippen molar-refractivity contribution in [3.8, 4) is 5.75 Å². The number of aromatic hydroxyl groups is 1. The van der Waals surface area contributed by atoms with Gasteiger partial charge in [0.15, 0.2) is 0 Å². The van der Waals surface area contributed by atoms with Crippen LogP contribution in [0.25, 0.3) is 0 Å². The van der Waals surface area contributed by atoms with E-state index >= 15 is 0 Å². The first-order valence-corrected chi connectivity index (χ1v) is 7.78. The van der Waals surface area contributed by atoms with E-state index in [0.29, 0.717) is 11.1 Å². The summed E-state index contributed by atoms with van der Waals surface area (Å²) in [7, 11) is -3.73. The normalized spacial score (nSPS) is 11.7. The largest absolute Gasteiger partial charge is 0.507 e. The van der Waals surface area contributed by atoms with Crippen LogP contribution in [0.3, 0.4) is 0 Å². The summed E-state index contributed by atoms with van der Waals surface area (Å²) in [6.07, 6.45) is 1.26. The van der Waals surface area contributed by atoms with E-state index in [4.69, 9.17) is 0 Å². The van der Waals surface area contributed by atoms with Crippen LogP contribution in [0.5, 0.6) is 5.75 Å². The Morgan fingerprint density at radius 3 is 2.57 bits per heavy atom. The van der Waals surface area contributed by atoms with Crippen molar-refractivity contribution >= 4 is 16.2 Å². The second kappa shape index (κ2) is 5.97. The first kappa shape index (κ1) is 15.1. The summed E-state index contributed by atoms with van der Waals surface area (Å²) in [5.41, 5.74) is 1.93. The van der Waals surface area contributed by atoms with Gasteiger partial charge in [-0.1, -0.05) is 24.3 Å². The number of nitrogens with one attached hydrogen (secondary N) is 1. The lowest BCUT2D eigenvalue weighted by atomic mass is 10.2. The SMILES string of the molecule is Cc1ccc(C)c(S(=O)(=O)N/N=C\c2ccccc2O)c1. The van der Waals surface area contributed by atoms with Crippen molar-refractivity contribution in [2.75, 3.05) is 0 Å². The fourth-order valence-electron chi connectivity index (χ4n) is 1.81. The number of sulfonamides is 1. The number of nitrogens with zero attached hydrogens (tertiary/aromatic N) is 1. The Morgan fingerprint density at radius 1 is 1.14 bits per heavy atom. The minimum Gasteiger partial charge on any atom is -0.507 e. The van der Waals surface area contributed by atoms with Crippen molar-refractivity contribution in [1.29, 1.82) is 0 Å². The molecule has 0 saturated heterocycles. The van der Waals surface area contributed by atoms with E-state index in [1.807, 2.05) is 13.0 Å². The van der Waals surface area contributed by atoms with Gasteiger partial charge in [-0.2, -0.15) is 13.5 Å². The van der Waals surface area contributed by atoms with Crippen molar-refractivity contribution in [1.82, 2.24) is 4.83 Å². The first-order chi connectivity index (χ1) is 9.90. The zero-order chi connectivity index (χ0) is 15.5. The predicted octanol–water partition coefficient (Wildman–Crippen LogP) is 2.32. The molecule has 0 bridgehead atoms. The Morgan fingerprint density at radius 2 is 1.86 bits per heavy atom. The van der Waals surface area contributed by atoms with Gasteiger partial charge in [-0.05, 0) is 43.2 Å². The smallest absolute Gasteiger partial charge is 0.276 e. The van der Waals surface area contributed by atoms with Gasteiger partial charge >= 0.3 is 0 Å². The summed E-state index contributed by atoms with van der Waals surface area (Å²) < 4.78 is 24.4. The minimum absolute atomic E-state index is 0.0344. The van der Waals surface area contributed by atoms with Crippen LogP contribution in [0.15, 0.2) is 52.5 Å². The van der Waals surface area contributed by atoms with Gasteiger partial charge in [0, 0.05) is 5.56 Å². The van der Waals surface area contributed by atoms with Crippen molar-refractivity contribution in [3.63, 3.8) is 0 Å². The van der Waals surface area contributed by atoms with Crippen LogP contribution in [-0.4, -0.2) is 19.7 Å². The lowest BCUT2D eigenvalue weighted by molar-refractivity contribution is 0.474. The Hall–Kier alpha value is -2.34. The van der Waals surface area contributed by atoms with E-state index < -0.39 is 10.0 Å². The number of para-hydroxylation sites is 1. The summed E-state index contributed by atoms with van der Waals surface area (Å²) in [4.78, 5) is 2.34. The Balaban J connectivity index is 2.23. The first-order valence-electron chi connectivity index (χ1n) is 6.30. The van der Waals surface area contributed by atoms with Crippen LogP contribution in [0, 0.1) is 13.8 Å². The summed E-state index contributed by atoms with van der Waals surface area (Å²) in [5.74, 6) is 0.0344. The van der Waals surface area contributed by atoms with Gasteiger partial charge in [0.25, 0.3) is 10.0 Å². The molecule has 6 heteroatoms. The molecule has 0 fully saturated rings. The van der Waals surface area contributed by atoms with Crippen molar-refractivity contribution in [2.24, 2.45) is 5.10 Å². The third-order valence-corrected chi connectivity index (χ3v) is 4.31. The minimum atomic E-state index is -3.73. The molecule has 2 N–H and O–H groups in total. The molecule has 5 nitrogen and oxygen atoms in total. The molecule has 0 aliphatic heterocycles. The number of hydrogen-bond donors (Lipinski definition) is 2. The van der Waals surface area contributed by atoms with Crippen molar-refractivity contribution in [3.05, 3.63) is 59.2 Å². The molecule has 0 aliphatic rings. The number of phenolic OH excluding ortho intramolecular Hbond substituents is 1. The van der Waals surface area contributed by atoms with Gasteiger partial charge in [0.05, 0.1) is 11.1 Å². The van der Waals surface area contributed by atoms with Crippen LogP contribution in [0.1, 0.15) is 16.7 Å². The van der Waals surface area contributed by atoms with Crippen LogP contribution < -0.4 is 4.83 Å². The molecule has 110 valence electrons. The molecule has 0 unspecified atom stereocenters. The molecule has 0 aliphatic carbocycles.